The molecule has 0 saturated carbocycles. The second-order valence-corrected chi connectivity index (χ2v) is 3.16. The minimum absolute atomic E-state index is 0.584. The van der Waals surface area contributed by atoms with E-state index < -0.39 is 0 Å². The number of rotatable bonds is 1. The van der Waals surface area contributed by atoms with Crippen molar-refractivity contribution in [2.24, 2.45) is 4.99 Å². The lowest BCUT2D eigenvalue weighted by Gasteiger charge is -2.08. The Morgan fingerprint density at radius 2 is 2.33 bits per heavy atom. The van der Waals surface area contributed by atoms with Gasteiger partial charge in [0.15, 0.2) is 0 Å². The molecular weight excluding hydrogens is 192 g/mol. The summed E-state index contributed by atoms with van der Waals surface area (Å²) in [6, 6.07) is 3.59. The lowest BCUT2D eigenvalue weighted by atomic mass is 10.1. The van der Waals surface area contributed by atoms with Crippen LogP contribution in [0.5, 0.6) is 0 Å². The fourth-order valence-corrected chi connectivity index (χ4v) is 1.48. The summed E-state index contributed by atoms with van der Waals surface area (Å²) in [6.45, 7) is 2.63. The first-order valence-electron chi connectivity index (χ1n) is 4.68. The summed E-state index contributed by atoms with van der Waals surface area (Å²) in [7, 11) is 0. The third-order valence-electron chi connectivity index (χ3n) is 2.12. The lowest BCUT2D eigenvalue weighted by molar-refractivity contribution is 0.181. The summed E-state index contributed by atoms with van der Waals surface area (Å²) in [5.41, 5.74) is 7.77. The Morgan fingerprint density at radius 3 is 3.07 bits per heavy atom. The number of nitrogen functional groups attached to an aromatic ring is 1. The molecule has 0 amide bonds. The molecule has 2 rings (SSSR count). The number of aromatic nitrogens is 2. The Labute approximate surface area is 86.8 Å². The van der Waals surface area contributed by atoms with Gasteiger partial charge in [-0.25, -0.2) is 4.98 Å². The van der Waals surface area contributed by atoms with Gasteiger partial charge in [-0.15, -0.1) is 0 Å². The first kappa shape index (κ1) is 9.51. The van der Waals surface area contributed by atoms with Crippen LogP contribution in [0, 0.1) is 0 Å². The lowest BCUT2D eigenvalue weighted by Crippen LogP contribution is -2.13. The molecule has 0 radical (unpaired) electrons. The first-order chi connectivity index (χ1) is 7.22. The van der Waals surface area contributed by atoms with Crippen molar-refractivity contribution in [3.63, 3.8) is 0 Å². The molecule has 1 aliphatic carbocycles. The minimum Gasteiger partial charge on any atom is -0.428 e. The van der Waals surface area contributed by atoms with Crippen molar-refractivity contribution in [2.75, 3.05) is 12.3 Å². The molecule has 0 atom stereocenters. The standard InChI is InChI=1S/C10H12N4O/c1-2-12-9-4-3-8(11)10-7(9)5-14(15)6-13-10/h3-6,15H,2,11H2,1H3. The molecule has 0 bridgehead atoms. The fourth-order valence-electron chi connectivity index (χ4n) is 1.48. The molecule has 15 heavy (non-hydrogen) atoms. The highest BCUT2D eigenvalue weighted by atomic mass is 16.5. The molecule has 0 unspecified atom stereocenters. The molecular formula is C10H12N4O. The molecule has 1 aliphatic heterocycles. The maximum atomic E-state index is 9.29. The molecule has 0 fully saturated rings. The second-order valence-electron chi connectivity index (χ2n) is 3.16. The molecule has 0 aromatic carbocycles. The van der Waals surface area contributed by atoms with Gasteiger partial charge in [0, 0.05) is 12.1 Å². The van der Waals surface area contributed by atoms with Gasteiger partial charge in [0.25, 0.3) is 0 Å². The van der Waals surface area contributed by atoms with Crippen LogP contribution in [0.3, 0.4) is 0 Å². The zero-order valence-corrected chi connectivity index (χ0v) is 8.38. The number of fused-ring (bicyclic) bond motifs is 1. The van der Waals surface area contributed by atoms with E-state index in [9.17, 15) is 5.21 Å². The number of hydrogen-bond acceptors (Lipinski definition) is 4. The highest BCUT2D eigenvalue weighted by molar-refractivity contribution is 5.72. The summed E-state index contributed by atoms with van der Waals surface area (Å²) < 4.78 is 0.899. The monoisotopic (exact) mass is 204 g/mol. The Morgan fingerprint density at radius 1 is 1.53 bits per heavy atom. The summed E-state index contributed by atoms with van der Waals surface area (Å²) in [4.78, 5) is 8.35. The SMILES string of the molecule is CCN=c1ccc(N)c2ncn(O)cc1-2. The molecule has 5 heteroatoms. The highest BCUT2D eigenvalue weighted by Crippen LogP contribution is 2.20. The van der Waals surface area contributed by atoms with Gasteiger partial charge in [-0.05, 0) is 19.1 Å². The summed E-state index contributed by atoms with van der Waals surface area (Å²) >= 11 is 0. The highest BCUT2D eigenvalue weighted by Gasteiger charge is 2.09. The van der Waals surface area contributed by atoms with Crippen molar-refractivity contribution < 1.29 is 5.21 Å². The Bertz CT molecular complexity index is 518. The number of nitrogens with two attached hydrogens (primary N) is 1. The van der Waals surface area contributed by atoms with Crippen LogP contribution in [0.15, 0.2) is 29.6 Å². The van der Waals surface area contributed by atoms with Crippen molar-refractivity contribution in [1.29, 1.82) is 0 Å². The van der Waals surface area contributed by atoms with Crippen molar-refractivity contribution in [1.82, 2.24) is 9.71 Å². The summed E-state index contributed by atoms with van der Waals surface area (Å²) in [6.07, 6.45) is 2.85. The van der Waals surface area contributed by atoms with Crippen LogP contribution in [0.25, 0.3) is 11.3 Å². The fraction of sp³-hybridized carbons (Fsp3) is 0.200. The smallest absolute Gasteiger partial charge is 0.132 e. The van der Waals surface area contributed by atoms with Gasteiger partial charge in [0.2, 0.25) is 0 Å². The topological polar surface area (TPSA) is 76.4 Å². The van der Waals surface area contributed by atoms with E-state index >= 15 is 0 Å². The number of nitrogens with zero attached hydrogens (tertiary/aromatic N) is 3. The number of benzene rings is 1. The number of anilines is 1. The van der Waals surface area contributed by atoms with E-state index in [0.29, 0.717) is 17.9 Å². The van der Waals surface area contributed by atoms with Crippen LogP contribution in [0.4, 0.5) is 5.69 Å². The van der Waals surface area contributed by atoms with Gasteiger partial charge in [-0.3, -0.25) is 4.99 Å². The predicted molar refractivity (Wildman–Crippen MR) is 56.5 cm³/mol. The van der Waals surface area contributed by atoms with E-state index in [1.54, 1.807) is 12.3 Å². The van der Waals surface area contributed by atoms with Gasteiger partial charge >= 0.3 is 0 Å². The van der Waals surface area contributed by atoms with Crippen LogP contribution in [0.1, 0.15) is 6.92 Å². The zero-order valence-electron chi connectivity index (χ0n) is 8.38. The number of hydrogen-bond donors (Lipinski definition) is 2. The van der Waals surface area contributed by atoms with Crippen molar-refractivity contribution >= 4 is 5.69 Å². The van der Waals surface area contributed by atoms with Crippen LogP contribution in [0.2, 0.25) is 0 Å². The summed E-state index contributed by atoms with van der Waals surface area (Å²) in [5, 5.41) is 10.1. The largest absolute Gasteiger partial charge is 0.428 e. The van der Waals surface area contributed by atoms with Crippen LogP contribution in [-0.2, 0) is 0 Å². The van der Waals surface area contributed by atoms with Crippen LogP contribution >= 0.6 is 0 Å². The van der Waals surface area contributed by atoms with Gasteiger partial charge in [0.1, 0.15) is 6.33 Å². The molecule has 0 aromatic rings. The van der Waals surface area contributed by atoms with Crippen LogP contribution < -0.4 is 11.1 Å². The van der Waals surface area contributed by atoms with Crippen LogP contribution in [-0.4, -0.2) is 21.5 Å². The molecule has 0 spiro atoms. The average Bonchev–Trinajstić information content (AvgIpc) is 2.22. The normalized spacial score (nSPS) is 12.2. The van der Waals surface area contributed by atoms with Crippen molar-refractivity contribution in [3.05, 3.63) is 30.0 Å². The third-order valence-corrected chi connectivity index (χ3v) is 2.12. The van der Waals surface area contributed by atoms with Crippen molar-refractivity contribution in [3.8, 4) is 11.3 Å². The maximum Gasteiger partial charge on any atom is 0.132 e. The van der Waals surface area contributed by atoms with Gasteiger partial charge < -0.3 is 10.9 Å². The molecule has 2 aliphatic rings. The van der Waals surface area contributed by atoms with Crippen molar-refractivity contribution in [2.45, 2.75) is 6.92 Å². The zero-order chi connectivity index (χ0) is 10.8. The quantitative estimate of drug-likeness (QED) is 0.531. The Balaban J connectivity index is 2.82. The van der Waals surface area contributed by atoms with E-state index in [4.69, 9.17) is 5.73 Å². The molecule has 1 heterocycles. The van der Waals surface area contributed by atoms with E-state index in [-0.39, 0.29) is 0 Å². The summed E-state index contributed by atoms with van der Waals surface area (Å²) in [5.74, 6) is 0. The molecule has 3 N–H and O–H groups in total. The van der Waals surface area contributed by atoms with E-state index in [0.717, 1.165) is 15.7 Å². The predicted octanol–water partition coefficient (Wildman–Crippen LogP) is 0.728. The van der Waals surface area contributed by atoms with Gasteiger partial charge in [0.05, 0.1) is 22.9 Å². The van der Waals surface area contributed by atoms with E-state index in [1.165, 1.54) is 6.33 Å². The van der Waals surface area contributed by atoms with Gasteiger partial charge in [-0.2, -0.15) is 4.73 Å². The molecule has 0 saturated heterocycles. The van der Waals surface area contributed by atoms with E-state index in [2.05, 4.69) is 9.98 Å². The van der Waals surface area contributed by atoms with E-state index in [1.807, 2.05) is 13.0 Å². The Hall–Kier alpha value is -2.04. The van der Waals surface area contributed by atoms with Gasteiger partial charge in [-0.1, -0.05) is 0 Å². The average molecular weight is 204 g/mol. The first-order valence-corrected chi connectivity index (χ1v) is 4.68. The molecule has 5 nitrogen and oxygen atoms in total. The Kier molecular flexibility index (Phi) is 2.29. The third kappa shape index (κ3) is 1.63. The molecule has 78 valence electrons. The molecule has 0 aromatic heterocycles. The minimum atomic E-state index is 0.584. The second kappa shape index (κ2) is 3.61. The maximum absolute atomic E-state index is 9.29.